The van der Waals surface area contributed by atoms with E-state index in [0.717, 1.165) is 30.0 Å². The quantitative estimate of drug-likeness (QED) is 0.872. The van der Waals surface area contributed by atoms with Crippen LogP contribution in [0.1, 0.15) is 61.1 Å². The zero-order chi connectivity index (χ0) is 15.3. The van der Waals surface area contributed by atoms with Crippen molar-refractivity contribution in [1.29, 1.82) is 0 Å². The molecule has 0 radical (unpaired) electrons. The largest absolute Gasteiger partial charge is 0.291 e. The number of hydrogen-bond donors (Lipinski definition) is 0. The molecule has 2 aromatic heterocycles. The number of carbonyl (C=O) groups excluding carboxylic acids is 1. The van der Waals surface area contributed by atoms with E-state index in [0.29, 0.717) is 18.5 Å². The number of amides is 1. The monoisotopic (exact) mass is 299 g/mol. The summed E-state index contributed by atoms with van der Waals surface area (Å²) in [5.41, 5.74) is 1.91. The molecular formula is C16H21N5O. The van der Waals surface area contributed by atoms with Gasteiger partial charge in [0.15, 0.2) is 0 Å². The summed E-state index contributed by atoms with van der Waals surface area (Å²) < 4.78 is 3.95. The van der Waals surface area contributed by atoms with E-state index in [1.165, 1.54) is 12.8 Å². The Kier molecular flexibility index (Phi) is 3.06. The lowest BCUT2D eigenvalue weighted by Gasteiger charge is -2.17. The van der Waals surface area contributed by atoms with Crippen molar-refractivity contribution in [2.75, 3.05) is 11.4 Å². The SMILES string of the molecule is CCC(C)n1ncc(C(=O)N2CCn3nccc32)c1C1CC1. The van der Waals surface area contributed by atoms with Crippen LogP contribution in [-0.2, 0) is 6.54 Å². The third-order valence-electron chi connectivity index (χ3n) is 4.79. The first-order valence-electron chi connectivity index (χ1n) is 8.11. The lowest BCUT2D eigenvalue weighted by Crippen LogP contribution is -2.29. The minimum absolute atomic E-state index is 0.0655. The van der Waals surface area contributed by atoms with Crippen molar-refractivity contribution < 1.29 is 4.79 Å². The van der Waals surface area contributed by atoms with Gasteiger partial charge in [0.1, 0.15) is 5.82 Å². The van der Waals surface area contributed by atoms with Crippen molar-refractivity contribution in [3.05, 3.63) is 29.7 Å². The summed E-state index contributed by atoms with van der Waals surface area (Å²) in [5.74, 6) is 1.46. The molecule has 1 aliphatic heterocycles. The van der Waals surface area contributed by atoms with Crippen LogP contribution in [0.15, 0.2) is 18.5 Å². The summed E-state index contributed by atoms with van der Waals surface area (Å²) >= 11 is 0. The zero-order valence-electron chi connectivity index (χ0n) is 13.1. The first kappa shape index (κ1) is 13.5. The number of carbonyl (C=O) groups is 1. The summed E-state index contributed by atoms with van der Waals surface area (Å²) in [6.07, 6.45) is 6.87. The lowest BCUT2D eigenvalue weighted by atomic mass is 10.1. The van der Waals surface area contributed by atoms with Crippen LogP contribution in [0.5, 0.6) is 0 Å². The van der Waals surface area contributed by atoms with Crippen molar-refractivity contribution in [1.82, 2.24) is 19.6 Å². The van der Waals surface area contributed by atoms with Gasteiger partial charge in [0, 0.05) is 24.6 Å². The fourth-order valence-corrected chi connectivity index (χ4v) is 3.21. The van der Waals surface area contributed by atoms with Crippen molar-refractivity contribution in [3.63, 3.8) is 0 Å². The van der Waals surface area contributed by atoms with E-state index in [1.807, 2.05) is 15.6 Å². The van der Waals surface area contributed by atoms with Crippen LogP contribution in [0.4, 0.5) is 5.82 Å². The van der Waals surface area contributed by atoms with Gasteiger partial charge in [0.25, 0.3) is 5.91 Å². The third-order valence-corrected chi connectivity index (χ3v) is 4.79. The number of rotatable bonds is 4. The van der Waals surface area contributed by atoms with Crippen LogP contribution in [0.2, 0.25) is 0 Å². The molecule has 1 unspecified atom stereocenters. The van der Waals surface area contributed by atoms with Crippen molar-refractivity contribution in [3.8, 4) is 0 Å². The topological polar surface area (TPSA) is 56.0 Å². The number of nitrogens with zero attached hydrogens (tertiary/aromatic N) is 5. The Labute approximate surface area is 129 Å². The van der Waals surface area contributed by atoms with Crippen molar-refractivity contribution >= 4 is 11.7 Å². The lowest BCUT2D eigenvalue weighted by molar-refractivity contribution is 0.0988. The first-order valence-corrected chi connectivity index (χ1v) is 8.11. The van der Waals surface area contributed by atoms with E-state index in [-0.39, 0.29) is 5.91 Å². The van der Waals surface area contributed by atoms with Crippen LogP contribution in [-0.4, -0.2) is 32.0 Å². The molecule has 6 nitrogen and oxygen atoms in total. The van der Waals surface area contributed by atoms with E-state index >= 15 is 0 Å². The van der Waals surface area contributed by atoms with Gasteiger partial charge in [0.05, 0.1) is 30.2 Å². The highest BCUT2D eigenvalue weighted by atomic mass is 16.2. The molecule has 3 heterocycles. The third kappa shape index (κ3) is 1.97. The smallest absolute Gasteiger partial charge is 0.262 e. The average molecular weight is 299 g/mol. The van der Waals surface area contributed by atoms with Crippen LogP contribution >= 0.6 is 0 Å². The van der Waals surface area contributed by atoms with Crippen LogP contribution in [0.3, 0.4) is 0 Å². The molecule has 116 valence electrons. The molecule has 0 spiro atoms. The summed E-state index contributed by atoms with van der Waals surface area (Å²) in [5, 5.41) is 8.77. The maximum atomic E-state index is 13.0. The predicted molar refractivity (Wildman–Crippen MR) is 83.1 cm³/mol. The molecule has 0 aromatic carbocycles. The highest BCUT2D eigenvalue weighted by Crippen LogP contribution is 2.43. The molecule has 22 heavy (non-hydrogen) atoms. The molecule has 0 bridgehead atoms. The van der Waals surface area contributed by atoms with E-state index in [2.05, 4.69) is 28.7 Å². The summed E-state index contributed by atoms with van der Waals surface area (Å²) in [4.78, 5) is 14.8. The van der Waals surface area contributed by atoms with Gasteiger partial charge in [-0.15, -0.1) is 0 Å². The normalized spacial score (nSPS) is 18.5. The molecule has 0 saturated heterocycles. The van der Waals surface area contributed by atoms with Gasteiger partial charge in [-0.05, 0) is 26.2 Å². The van der Waals surface area contributed by atoms with E-state index in [1.54, 1.807) is 12.4 Å². The zero-order valence-corrected chi connectivity index (χ0v) is 13.1. The molecular weight excluding hydrogens is 278 g/mol. The van der Waals surface area contributed by atoms with Gasteiger partial charge in [-0.25, -0.2) is 4.68 Å². The Bertz CT molecular complexity index is 712. The summed E-state index contributed by atoms with van der Waals surface area (Å²) in [6.45, 7) is 5.79. The van der Waals surface area contributed by atoms with Gasteiger partial charge in [0.2, 0.25) is 0 Å². The van der Waals surface area contributed by atoms with Gasteiger partial charge >= 0.3 is 0 Å². The fraction of sp³-hybridized carbons (Fsp3) is 0.562. The van der Waals surface area contributed by atoms with Crippen molar-refractivity contribution in [2.45, 2.75) is 51.6 Å². The number of aromatic nitrogens is 4. The van der Waals surface area contributed by atoms with E-state index < -0.39 is 0 Å². The number of anilines is 1. The molecule has 6 heteroatoms. The molecule has 1 aliphatic carbocycles. The average Bonchev–Trinajstić information content (AvgIpc) is 2.96. The molecule has 2 aliphatic rings. The first-order chi connectivity index (χ1) is 10.7. The number of hydrogen-bond acceptors (Lipinski definition) is 3. The van der Waals surface area contributed by atoms with Gasteiger partial charge in [-0.3, -0.25) is 14.4 Å². The van der Waals surface area contributed by atoms with Gasteiger partial charge in [-0.2, -0.15) is 10.2 Å². The summed E-state index contributed by atoms with van der Waals surface area (Å²) in [7, 11) is 0. The van der Waals surface area contributed by atoms with Gasteiger partial charge < -0.3 is 0 Å². The van der Waals surface area contributed by atoms with E-state index in [9.17, 15) is 4.79 Å². The minimum atomic E-state index is 0.0655. The maximum Gasteiger partial charge on any atom is 0.262 e. The highest BCUT2D eigenvalue weighted by molar-refractivity contribution is 6.06. The second kappa shape index (κ2) is 4.97. The molecule has 4 rings (SSSR count). The van der Waals surface area contributed by atoms with E-state index in [4.69, 9.17) is 0 Å². The Morgan fingerprint density at radius 2 is 2.18 bits per heavy atom. The Hall–Kier alpha value is -2.11. The second-order valence-electron chi connectivity index (χ2n) is 6.29. The Balaban J connectivity index is 1.71. The van der Waals surface area contributed by atoms with Crippen LogP contribution in [0, 0.1) is 0 Å². The highest BCUT2D eigenvalue weighted by Gasteiger charge is 2.36. The predicted octanol–water partition coefficient (Wildman–Crippen LogP) is 2.59. The summed E-state index contributed by atoms with van der Waals surface area (Å²) in [6, 6.07) is 2.24. The van der Waals surface area contributed by atoms with Crippen LogP contribution < -0.4 is 4.90 Å². The molecule has 1 saturated carbocycles. The second-order valence-corrected chi connectivity index (χ2v) is 6.29. The molecule has 1 atom stereocenters. The minimum Gasteiger partial charge on any atom is -0.291 e. The molecule has 1 amide bonds. The molecule has 1 fully saturated rings. The van der Waals surface area contributed by atoms with Gasteiger partial charge in [-0.1, -0.05) is 6.92 Å². The molecule has 2 aromatic rings. The Morgan fingerprint density at radius 3 is 2.91 bits per heavy atom. The molecule has 0 N–H and O–H groups in total. The maximum absolute atomic E-state index is 13.0. The number of fused-ring (bicyclic) bond motifs is 1. The Morgan fingerprint density at radius 1 is 1.36 bits per heavy atom. The van der Waals surface area contributed by atoms with Crippen molar-refractivity contribution in [2.24, 2.45) is 0 Å². The van der Waals surface area contributed by atoms with Crippen LogP contribution in [0.25, 0.3) is 0 Å². The fourth-order valence-electron chi connectivity index (χ4n) is 3.21. The standard InChI is InChI=1S/C16H21N5O/c1-3-11(2)21-15(12-4-5-12)13(10-18-21)16(22)19-8-9-20-14(19)6-7-17-20/h6-7,10-12H,3-5,8-9H2,1-2H3.